The van der Waals surface area contributed by atoms with E-state index in [0.29, 0.717) is 0 Å². The molecule has 4 heteroatoms. The van der Waals surface area contributed by atoms with Gasteiger partial charge < -0.3 is 4.90 Å². The highest BCUT2D eigenvalue weighted by atomic mass is 35.5. The summed E-state index contributed by atoms with van der Waals surface area (Å²) in [5.74, 6) is 0. The molecule has 24 heavy (non-hydrogen) atoms. The van der Waals surface area contributed by atoms with E-state index in [0.717, 1.165) is 26.2 Å². The van der Waals surface area contributed by atoms with Gasteiger partial charge in [-0.15, -0.1) is 0 Å². The zero-order chi connectivity index (χ0) is 16.1. The largest absolute Gasteiger partial charge is 0.327 e. The molecule has 5 rings (SSSR count). The minimum atomic E-state index is -0.522. The predicted molar refractivity (Wildman–Crippen MR) is 98.2 cm³/mol. The van der Waals surface area contributed by atoms with E-state index in [1.807, 2.05) is 0 Å². The second-order valence-corrected chi connectivity index (χ2v) is 7.47. The molecule has 2 fully saturated rings. The van der Waals surface area contributed by atoms with Crippen molar-refractivity contribution >= 4 is 17.3 Å². The Morgan fingerprint density at radius 2 is 1.54 bits per heavy atom. The molecule has 0 N–H and O–H groups in total. The van der Waals surface area contributed by atoms with Crippen molar-refractivity contribution < 1.29 is 0 Å². The second-order valence-electron chi connectivity index (χ2n) is 6.96. The monoisotopic (exact) mass is 339 g/mol. The van der Waals surface area contributed by atoms with E-state index in [4.69, 9.17) is 11.6 Å². The van der Waals surface area contributed by atoms with Crippen molar-refractivity contribution in [3.63, 3.8) is 0 Å². The van der Waals surface area contributed by atoms with Gasteiger partial charge in [-0.25, -0.2) is 4.90 Å². The Morgan fingerprint density at radius 1 is 0.833 bits per heavy atom. The molecule has 2 unspecified atom stereocenters. The van der Waals surface area contributed by atoms with Gasteiger partial charge in [-0.05, 0) is 30.0 Å². The van der Waals surface area contributed by atoms with Crippen LogP contribution in [-0.2, 0) is 0 Å². The third kappa shape index (κ3) is 1.92. The molecule has 0 aliphatic carbocycles. The first-order valence-corrected chi connectivity index (χ1v) is 9.30. The molecule has 0 aromatic heterocycles. The van der Waals surface area contributed by atoms with Crippen molar-refractivity contribution in [2.45, 2.75) is 24.1 Å². The molecule has 3 heterocycles. The fourth-order valence-electron chi connectivity index (χ4n) is 4.73. The molecular weight excluding hydrogens is 318 g/mol. The van der Waals surface area contributed by atoms with Crippen LogP contribution in [0.4, 0.5) is 5.69 Å². The molecule has 2 atom stereocenters. The standard InChI is InChI=1S/C20H22ClN3/c21-20-22-12-6-14-23(20)18-11-5-4-10-17(18)19(24(20)15-7-13-22)16-8-2-1-3-9-16/h1-5,8-11,19H,6-7,12-15H2. The minimum absolute atomic E-state index is 0.219. The number of para-hydroxylation sites is 1. The van der Waals surface area contributed by atoms with E-state index in [9.17, 15) is 0 Å². The van der Waals surface area contributed by atoms with E-state index in [2.05, 4.69) is 69.3 Å². The summed E-state index contributed by atoms with van der Waals surface area (Å²) in [4.78, 5) is 7.40. The Hall–Kier alpha value is -1.55. The van der Waals surface area contributed by atoms with Gasteiger partial charge >= 0.3 is 0 Å². The Morgan fingerprint density at radius 3 is 2.38 bits per heavy atom. The van der Waals surface area contributed by atoms with Crippen molar-refractivity contribution in [3.8, 4) is 0 Å². The summed E-state index contributed by atoms with van der Waals surface area (Å²) in [6, 6.07) is 19.9. The molecule has 2 aromatic rings. The Bertz CT molecular complexity index is 748. The first-order chi connectivity index (χ1) is 11.8. The van der Waals surface area contributed by atoms with E-state index in [-0.39, 0.29) is 6.04 Å². The average molecular weight is 340 g/mol. The van der Waals surface area contributed by atoms with Gasteiger partial charge in [0.1, 0.15) is 0 Å². The molecule has 0 spiro atoms. The average Bonchev–Trinajstić information content (AvgIpc) is 2.63. The van der Waals surface area contributed by atoms with E-state index >= 15 is 0 Å². The van der Waals surface area contributed by atoms with Gasteiger partial charge in [0.05, 0.1) is 6.04 Å². The third-order valence-corrected chi connectivity index (χ3v) is 6.36. The van der Waals surface area contributed by atoms with Crippen molar-refractivity contribution in [3.05, 3.63) is 65.7 Å². The smallest absolute Gasteiger partial charge is 0.232 e. The number of halogens is 1. The Balaban J connectivity index is 1.75. The van der Waals surface area contributed by atoms with Crippen LogP contribution in [0.15, 0.2) is 54.6 Å². The summed E-state index contributed by atoms with van der Waals surface area (Å²) in [6.45, 7) is 4.22. The van der Waals surface area contributed by atoms with Gasteiger partial charge in [-0.1, -0.05) is 60.1 Å². The lowest BCUT2D eigenvalue weighted by Gasteiger charge is -2.63. The molecule has 0 saturated carbocycles. The molecule has 0 bridgehead atoms. The molecule has 124 valence electrons. The van der Waals surface area contributed by atoms with Crippen molar-refractivity contribution in [1.29, 1.82) is 0 Å². The second kappa shape index (κ2) is 5.48. The van der Waals surface area contributed by atoms with Crippen LogP contribution in [-0.4, -0.2) is 41.2 Å². The molecule has 0 amide bonds. The molecule has 2 aromatic carbocycles. The molecule has 0 radical (unpaired) electrons. The lowest BCUT2D eigenvalue weighted by molar-refractivity contribution is -0.0692. The number of nitrogens with zero attached hydrogens (tertiary/aromatic N) is 3. The van der Waals surface area contributed by atoms with Gasteiger partial charge in [-0.3, -0.25) is 4.90 Å². The van der Waals surface area contributed by atoms with Crippen LogP contribution in [0.5, 0.6) is 0 Å². The number of hydrogen-bond acceptors (Lipinski definition) is 3. The Kier molecular flexibility index (Phi) is 3.37. The van der Waals surface area contributed by atoms with Gasteiger partial charge in [0.15, 0.2) is 0 Å². The van der Waals surface area contributed by atoms with Crippen LogP contribution in [0.3, 0.4) is 0 Å². The molecule has 3 aliphatic heterocycles. The number of rotatable bonds is 1. The highest BCUT2D eigenvalue weighted by Gasteiger charge is 2.56. The lowest BCUT2D eigenvalue weighted by Crippen LogP contribution is -2.74. The first kappa shape index (κ1) is 14.8. The maximum atomic E-state index is 7.39. The molecule has 2 saturated heterocycles. The van der Waals surface area contributed by atoms with Crippen molar-refractivity contribution in [2.75, 3.05) is 31.1 Å². The maximum absolute atomic E-state index is 7.39. The maximum Gasteiger partial charge on any atom is 0.232 e. The van der Waals surface area contributed by atoms with Gasteiger partial charge in [0.25, 0.3) is 0 Å². The fraction of sp³-hybridized carbons (Fsp3) is 0.400. The van der Waals surface area contributed by atoms with Gasteiger partial charge in [0, 0.05) is 31.9 Å². The zero-order valence-electron chi connectivity index (χ0n) is 13.7. The van der Waals surface area contributed by atoms with Crippen LogP contribution < -0.4 is 4.90 Å². The van der Waals surface area contributed by atoms with Crippen LogP contribution in [0.25, 0.3) is 0 Å². The number of anilines is 1. The summed E-state index contributed by atoms with van der Waals surface area (Å²) in [6.07, 6.45) is 2.35. The van der Waals surface area contributed by atoms with E-state index in [1.54, 1.807) is 0 Å². The fourth-order valence-corrected chi connectivity index (χ4v) is 5.26. The van der Waals surface area contributed by atoms with Crippen molar-refractivity contribution in [1.82, 2.24) is 9.80 Å². The summed E-state index contributed by atoms with van der Waals surface area (Å²) in [5, 5.41) is -0.522. The van der Waals surface area contributed by atoms with Gasteiger partial charge in [-0.2, -0.15) is 0 Å². The van der Waals surface area contributed by atoms with Gasteiger partial charge in [0.2, 0.25) is 5.25 Å². The number of hydrogen-bond donors (Lipinski definition) is 0. The molecule has 3 aliphatic rings. The van der Waals surface area contributed by atoms with Crippen LogP contribution >= 0.6 is 11.6 Å². The molecule has 3 nitrogen and oxygen atoms in total. The SMILES string of the molecule is ClC12N3CCCN1c1ccccc1C(c1ccccc1)N2CCC3. The van der Waals surface area contributed by atoms with Crippen LogP contribution in [0.2, 0.25) is 0 Å². The van der Waals surface area contributed by atoms with Crippen LogP contribution in [0, 0.1) is 0 Å². The summed E-state index contributed by atoms with van der Waals surface area (Å²) in [5.41, 5.74) is 4.00. The normalized spacial score (nSPS) is 29.9. The zero-order valence-corrected chi connectivity index (χ0v) is 14.5. The first-order valence-electron chi connectivity index (χ1n) is 8.92. The van der Waals surface area contributed by atoms with Crippen LogP contribution in [0.1, 0.15) is 30.0 Å². The van der Waals surface area contributed by atoms with E-state index in [1.165, 1.54) is 29.7 Å². The molecular formula is C20H22ClN3. The number of fused-ring (bicyclic) bond motifs is 2. The highest BCUT2D eigenvalue weighted by molar-refractivity contribution is 6.25. The highest BCUT2D eigenvalue weighted by Crippen LogP contribution is 2.52. The number of alkyl halides is 1. The summed E-state index contributed by atoms with van der Waals surface area (Å²) in [7, 11) is 0. The topological polar surface area (TPSA) is 9.72 Å². The predicted octanol–water partition coefficient (Wildman–Crippen LogP) is 3.86. The lowest BCUT2D eigenvalue weighted by atomic mass is 9.90. The Labute approximate surface area is 148 Å². The summed E-state index contributed by atoms with van der Waals surface area (Å²) >= 11 is 7.39. The summed E-state index contributed by atoms with van der Waals surface area (Å²) < 4.78 is 0. The van der Waals surface area contributed by atoms with E-state index < -0.39 is 5.25 Å². The minimum Gasteiger partial charge on any atom is -0.327 e. The van der Waals surface area contributed by atoms with Crippen molar-refractivity contribution in [2.24, 2.45) is 0 Å². The third-order valence-electron chi connectivity index (χ3n) is 5.70. The number of benzene rings is 2. The quantitative estimate of drug-likeness (QED) is 0.577.